The van der Waals surface area contributed by atoms with E-state index in [1.807, 2.05) is 27.5 Å². The molecule has 1 amide bonds. The van der Waals surface area contributed by atoms with Gasteiger partial charge in [0.05, 0.1) is 9.26 Å². The van der Waals surface area contributed by atoms with Crippen molar-refractivity contribution >= 4 is 34.2 Å². The maximum absolute atomic E-state index is 13.7. The molecule has 1 aromatic carbocycles. The summed E-state index contributed by atoms with van der Waals surface area (Å²) in [7, 11) is 0. The highest BCUT2D eigenvalue weighted by atomic mass is 127. The Morgan fingerprint density at radius 1 is 1.42 bits per heavy atom. The van der Waals surface area contributed by atoms with Gasteiger partial charge in [0.25, 0.3) is 5.91 Å². The van der Waals surface area contributed by atoms with E-state index in [0.29, 0.717) is 15.2 Å². The van der Waals surface area contributed by atoms with Crippen LogP contribution in [0.1, 0.15) is 25.7 Å². The van der Waals surface area contributed by atoms with Crippen LogP contribution in [0.25, 0.3) is 0 Å². The molecule has 3 aliphatic rings. The minimum atomic E-state index is -0.679. The smallest absolute Gasteiger partial charge is 0.271 e. The minimum absolute atomic E-state index is 0.0642. The molecule has 0 aromatic heterocycles. The quantitative estimate of drug-likeness (QED) is 0.746. The molecule has 0 N–H and O–H groups in total. The number of halogens is 2. The molecule has 2 saturated carbocycles. The summed E-state index contributed by atoms with van der Waals surface area (Å²) >= 11 is 1.95. The van der Waals surface area contributed by atoms with Crippen LogP contribution in [0.3, 0.4) is 0 Å². The molecule has 4 rings (SSSR count). The van der Waals surface area contributed by atoms with E-state index >= 15 is 0 Å². The van der Waals surface area contributed by atoms with Gasteiger partial charge < -0.3 is 9.64 Å². The van der Waals surface area contributed by atoms with E-state index in [4.69, 9.17) is 4.74 Å². The van der Waals surface area contributed by atoms with Crippen LogP contribution in [-0.4, -0.2) is 18.1 Å². The average Bonchev–Trinajstić information content (AvgIpc) is 3.25. The minimum Gasteiger partial charge on any atom is -0.475 e. The van der Waals surface area contributed by atoms with E-state index in [2.05, 4.69) is 0 Å². The zero-order valence-electron chi connectivity index (χ0n) is 10.3. The topological polar surface area (TPSA) is 29.5 Å². The van der Waals surface area contributed by atoms with Gasteiger partial charge in [-0.25, -0.2) is 4.39 Å². The van der Waals surface area contributed by atoms with Gasteiger partial charge in [-0.05, 0) is 47.4 Å². The molecule has 19 heavy (non-hydrogen) atoms. The summed E-state index contributed by atoms with van der Waals surface area (Å²) in [5, 5.41) is 0. The summed E-state index contributed by atoms with van der Waals surface area (Å²) < 4.78 is 20.0. The molecule has 0 atom stereocenters. The van der Waals surface area contributed by atoms with Crippen molar-refractivity contribution in [3.8, 4) is 5.75 Å². The van der Waals surface area contributed by atoms with E-state index in [1.165, 1.54) is 18.9 Å². The third kappa shape index (κ3) is 1.85. The number of hydrogen-bond acceptors (Lipinski definition) is 2. The second kappa shape index (κ2) is 3.84. The van der Waals surface area contributed by atoms with Gasteiger partial charge in [0, 0.05) is 25.5 Å². The number of rotatable bonds is 2. The Morgan fingerprint density at radius 2 is 2.16 bits per heavy atom. The highest BCUT2D eigenvalue weighted by Gasteiger charge is 2.58. The maximum Gasteiger partial charge on any atom is 0.271 e. The Hall–Kier alpha value is -0.850. The molecule has 2 aliphatic carbocycles. The fourth-order valence-electron chi connectivity index (χ4n) is 2.59. The molecular weight excluding hydrogens is 360 g/mol. The van der Waals surface area contributed by atoms with Crippen LogP contribution in [0.15, 0.2) is 12.1 Å². The summed E-state index contributed by atoms with van der Waals surface area (Å²) in [4.78, 5) is 14.4. The lowest BCUT2D eigenvalue weighted by molar-refractivity contribution is -0.128. The van der Waals surface area contributed by atoms with Crippen LogP contribution in [0.2, 0.25) is 0 Å². The van der Waals surface area contributed by atoms with Crippen LogP contribution in [0.5, 0.6) is 5.75 Å². The highest BCUT2D eigenvalue weighted by molar-refractivity contribution is 14.1. The zero-order valence-corrected chi connectivity index (χ0v) is 12.4. The second-order valence-electron chi connectivity index (χ2n) is 5.69. The number of fused-ring (bicyclic) bond motifs is 1. The lowest BCUT2D eigenvalue weighted by atomic mass is 10.1. The Bertz CT molecular complexity index is 581. The van der Waals surface area contributed by atoms with Crippen molar-refractivity contribution in [1.82, 2.24) is 0 Å². The summed E-state index contributed by atoms with van der Waals surface area (Å²) in [5.74, 6) is 0.911. The summed E-state index contributed by atoms with van der Waals surface area (Å²) in [6, 6.07) is 3.14. The Labute approximate surface area is 124 Å². The molecule has 0 radical (unpaired) electrons. The van der Waals surface area contributed by atoms with Gasteiger partial charge in [-0.15, -0.1) is 0 Å². The number of carbonyl (C=O) groups excluding carboxylic acids is 1. The fourth-order valence-corrected chi connectivity index (χ4v) is 3.04. The van der Waals surface area contributed by atoms with Crippen LogP contribution >= 0.6 is 22.6 Å². The van der Waals surface area contributed by atoms with Crippen molar-refractivity contribution in [2.24, 2.45) is 5.92 Å². The first-order valence-electron chi connectivity index (χ1n) is 6.59. The van der Waals surface area contributed by atoms with Crippen molar-refractivity contribution < 1.29 is 13.9 Å². The normalized spacial score (nSPS) is 23.3. The highest BCUT2D eigenvalue weighted by Crippen LogP contribution is 2.50. The first-order valence-corrected chi connectivity index (χ1v) is 7.67. The molecule has 1 heterocycles. The van der Waals surface area contributed by atoms with Gasteiger partial charge in [0.1, 0.15) is 11.6 Å². The SMILES string of the molecule is O=C1N(CC2CC2)c2cc(I)c(F)cc2OC12CC2. The van der Waals surface area contributed by atoms with E-state index < -0.39 is 5.60 Å². The Kier molecular flexibility index (Phi) is 2.41. The molecule has 100 valence electrons. The van der Waals surface area contributed by atoms with E-state index in [1.54, 1.807) is 6.07 Å². The third-order valence-electron chi connectivity index (χ3n) is 4.07. The molecule has 0 bridgehead atoms. The largest absolute Gasteiger partial charge is 0.475 e. The first-order chi connectivity index (χ1) is 9.09. The standard InChI is InChI=1S/C14H13FINO2/c15-9-5-12-11(6-10(9)16)17(7-8-1-2-8)13(18)14(19-12)3-4-14/h5-6,8H,1-4,7H2. The zero-order chi connectivity index (χ0) is 13.2. The van der Waals surface area contributed by atoms with Crippen molar-refractivity contribution in [2.45, 2.75) is 31.3 Å². The van der Waals surface area contributed by atoms with Crippen molar-refractivity contribution in [1.29, 1.82) is 0 Å². The maximum atomic E-state index is 13.7. The molecule has 1 spiro atoms. The summed E-state index contributed by atoms with van der Waals surface area (Å²) in [6.07, 6.45) is 3.87. The van der Waals surface area contributed by atoms with E-state index in [0.717, 1.165) is 25.1 Å². The van der Waals surface area contributed by atoms with Crippen LogP contribution < -0.4 is 9.64 Å². The first kappa shape index (κ1) is 11.9. The third-order valence-corrected chi connectivity index (χ3v) is 4.90. The van der Waals surface area contributed by atoms with Gasteiger partial charge in [-0.3, -0.25) is 4.79 Å². The van der Waals surface area contributed by atoms with Gasteiger partial charge >= 0.3 is 0 Å². The average molecular weight is 373 g/mol. The molecule has 5 heteroatoms. The van der Waals surface area contributed by atoms with Crippen molar-refractivity contribution in [3.05, 3.63) is 21.5 Å². The van der Waals surface area contributed by atoms with Gasteiger partial charge in [0.2, 0.25) is 0 Å². The van der Waals surface area contributed by atoms with Crippen LogP contribution in [0, 0.1) is 15.3 Å². The van der Waals surface area contributed by atoms with E-state index in [-0.39, 0.29) is 11.7 Å². The van der Waals surface area contributed by atoms with Crippen molar-refractivity contribution in [2.75, 3.05) is 11.4 Å². The Morgan fingerprint density at radius 3 is 2.79 bits per heavy atom. The van der Waals surface area contributed by atoms with Crippen LogP contribution in [0.4, 0.5) is 10.1 Å². The molecule has 0 unspecified atom stereocenters. The van der Waals surface area contributed by atoms with Gasteiger partial charge in [-0.2, -0.15) is 0 Å². The number of nitrogens with zero attached hydrogens (tertiary/aromatic N) is 1. The Balaban J connectivity index is 1.80. The summed E-state index contributed by atoms with van der Waals surface area (Å²) in [5.41, 5.74) is 0.0569. The monoisotopic (exact) mass is 373 g/mol. The summed E-state index contributed by atoms with van der Waals surface area (Å²) in [6.45, 7) is 0.749. The van der Waals surface area contributed by atoms with Crippen LogP contribution in [-0.2, 0) is 4.79 Å². The predicted octanol–water partition coefficient (Wildman–Crippen LogP) is 3.10. The van der Waals surface area contributed by atoms with Gasteiger partial charge in [0.15, 0.2) is 5.60 Å². The fraction of sp³-hybridized carbons (Fsp3) is 0.500. The molecular formula is C14H13FINO2. The number of ether oxygens (including phenoxy) is 1. The molecule has 1 aliphatic heterocycles. The van der Waals surface area contributed by atoms with E-state index in [9.17, 15) is 9.18 Å². The molecule has 0 saturated heterocycles. The molecule has 1 aromatic rings. The second-order valence-corrected chi connectivity index (χ2v) is 6.85. The molecule has 2 fully saturated rings. The number of amides is 1. The predicted molar refractivity (Wildman–Crippen MR) is 76.8 cm³/mol. The van der Waals surface area contributed by atoms with Gasteiger partial charge in [-0.1, -0.05) is 0 Å². The lowest BCUT2D eigenvalue weighted by Gasteiger charge is -2.35. The van der Waals surface area contributed by atoms with Crippen molar-refractivity contribution in [3.63, 3.8) is 0 Å². The molecule has 3 nitrogen and oxygen atoms in total. The lowest BCUT2D eigenvalue weighted by Crippen LogP contribution is -2.48. The number of carbonyl (C=O) groups is 1. The number of benzene rings is 1. The number of hydrogen-bond donors (Lipinski definition) is 0. The number of anilines is 1.